The number of rotatable bonds is 3. The van der Waals surface area contributed by atoms with Crippen molar-refractivity contribution in [3.8, 4) is 0 Å². The summed E-state index contributed by atoms with van der Waals surface area (Å²) in [7, 11) is -0.0465. The van der Waals surface area contributed by atoms with Gasteiger partial charge in [0.1, 0.15) is 0 Å². The topological polar surface area (TPSA) is 0 Å². The first kappa shape index (κ1) is 23.4. The maximum atomic E-state index is 9.12. The van der Waals surface area contributed by atoms with E-state index in [-0.39, 0.29) is 7.92 Å². The second kappa shape index (κ2) is 15.0. The Kier molecular flexibility index (Phi) is 13.0. The normalized spacial score (nSPS) is 22.4. The molecule has 1 aromatic carbocycles. The first-order valence-corrected chi connectivity index (χ1v) is 13.5. The zero-order chi connectivity index (χ0) is 19.2. The molecule has 0 bridgehead atoms. The average Bonchev–Trinajstić information content (AvgIpc) is 2.79. The van der Waals surface area contributed by atoms with E-state index in [1.807, 2.05) is 30.3 Å². The van der Waals surface area contributed by atoms with E-state index in [0.29, 0.717) is 0 Å². The van der Waals surface area contributed by atoms with Crippen molar-refractivity contribution in [3.63, 3.8) is 0 Å². The standard InChI is InChI=1S/C18H33P.C6H5.FH.Ni/c1-4-10-16(11-5-1)19(17-12-6-2-7-13-17)18-14-8-3-9-15-18;1-2-4-6-5-3-1;;/h16-18H,1-15H2;1-5H;1H;/q;-1;;+1. The molecule has 0 unspecified atom stereocenters. The van der Waals surface area contributed by atoms with Crippen molar-refractivity contribution in [2.24, 2.45) is 0 Å². The van der Waals surface area contributed by atoms with Gasteiger partial charge in [-0.1, -0.05) is 19.3 Å². The maximum Gasteiger partial charge on any atom is -0.171 e. The summed E-state index contributed by atoms with van der Waals surface area (Å²) in [5.74, 6) is 0. The molecule has 3 fully saturated rings. The molecule has 0 amide bonds. The summed E-state index contributed by atoms with van der Waals surface area (Å²) in [5.41, 5.74) is 3.68. The van der Waals surface area contributed by atoms with Crippen LogP contribution in [0.4, 0.5) is 3.61 Å². The monoisotopic (exact) mass is 435 g/mol. The van der Waals surface area contributed by atoms with Crippen molar-refractivity contribution in [2.45, 2.75) is 113 Å². The number of benzene rings is 1. The minimum Gasteiger partial charge on any atom is -0.184 e. The Morgan fingerprint density at radius 1 is 0.556 bits per heavy atom. The molecule has 1 aromatic rings. The molecular weight excluding hydrogens is 397 g/mol. The number of hydrogen-bond donors (Lipinski definition) is 0. The van der Waals surface area contributed by atoms with E-state index in [0.717, 1.165) is 0 Å². The first-order chi connectivity index (χ1) is 13.4. The zero-order valence-corrected chi connectivity index (χ0v) is 18.9. The van der Waals surface area contributed by atoms with E-state index in [1.165, 1.54) is 17.0 Å². The molecule has 0 nitrogen and oxygen atoms in total. The van der Waals surface area contributed by atoms with Crippen molar-refractivity contribution in [2.75, 3.05) is 0 Å². The zero-order valence-electron chi connectivity index (χ0n) is 16.9. The molecule has 4 rings (SSSR count). The fourth-order valence-corrected chi connectivity index (χ4v) is 10.9. The fourth-order valence-electron chi connectivity index (χ4n) is 5.65. The van der Waals surface area contributed by atoms with Gasteiger partial charge in [-0.2, -0.15) is 36.4 Å². The summed E-state index contributed by atoms with van der Waals surface area (Å²) in [6.07, 6.45) is 23.8. The Morgan fingerprint density at radius 3 is 1.11 bits per heavy atom. The molecule has 0 aromatic heterocycles. The van der Waals surface area contributed by atoms with Crippen LogP contribution in [0.2, 0.25) is 0 Å². The van der Waals surface area contributed by atoms with Crippen LogP contribution in [-0.4, -0.2) is 17.0 Å². The van der Waals surface area contributed by atoms with Crippen LogP contribution in [0.1, 0.15) is 96.3 Å². The molecule has 0 spiro atoms. The molecule has 0 atom stereocenters. The molecule has 3 saturated carbocycles. The third kappa shape index (κ3) is 8.54. The minimum atomic E-state index is -0.0465. The van der Waals surface area contributed by atoms with Crippen molar-refractivity contribution in [1.29, 1.82) is 0 Å². The van der Waals surface area contributed by atoms with Crippen LogP contribution in [0.5, 0.6) is 0 Å². The van der Waals surface area contributed by atoms with Crippen molar-refractivity contribution in [1.82, 2.24) is 0 Å². The van der Waals surface area contributed by atoms with E-state index in [1.54, 1.807) is 96.3 Å². The molecule has 27 heavy (non-hydrogen) atoms. The van der Waals surface area contributed by atoms with Crippen LogP contribution in [0.15, 0.2) is 30.3 Å². The summed E-state index contributed by atoms with van der Waals surface area (Å²) < 4.78 is 9.12. The Balaban J connectivity index is 0.000000275. The van der Waals surface area contributed by atoms with Crippen molar-refractivity contribution in [3.05, 3.63) is 36.4 Å². The van der Waals surface area contributed by atoms with E-state index in [4.69, 9.17) is 3.61 Å². The molecule has 0 saturated heterocycles. The van der Waals surface area contributed by atoms with Crippen LogP contribution in [0, 0.1) is 6.07 Å². The Hall–Kier alpha value is 0.0735. The average molecular weight is 436 g/mol. The van der Waals surface area contributed by atoms with E-state index in [2.05, 4.69) is 22.0 Å². The molecule has 0 radical (unpaired) electrons. The third-order valence-corrected chi connectivity index (χ3v) is 11.4. The smallest absolute Gasteiger partial charge is 0.171 e. The molecule has 0 heterocycles. The minimum absolute atomic E-state index is 0.0465. The van der Waals surface area contributed by atoms with Gasteiger partial charge in [-0.25, -0.2) is 0 Å². The largest absolute Gasteiger partial charge is 0.184 e. The van der Waals surface area contributed by atoms with Gasteiger partial charge in [0, 0.05) is 7.92 Å². The Labute approximate surface area is 177 Å². The van der Waals surface area contributed by atoms with E-state index >= 15 is 0 Å². The molecule has 157 valence electrons. The molecule has 3 heteroatoms. The van der Waals surface area contributed by atoms with E-state index < -0.39 is 0 Å². The van der Waals surface area contributed by atoms with Crippen LogP contribution in [0.3, 0.4) is 0 Å². The summed E-state index contributed by atoms with van der Waals surface area (Å²) in [4.78, 5) is 0. The predicted molar refractivity (Wildman–Crippen MR) is 115 cm³/mol. The molecule has 3 aliphatic rings. The quantitative estimate of drug-likeness (QED) is 0.255. The number of hydrogen-bond acceptors (Lipinski definition) is 0. The maximum absolute atomic E-state index is 9.12. The summed E-state index contributed by atoms with van der Waals surface area (Å²) in [6.45, 7) is 0. The summed E-state index contributed by atoms with van der Waals surface area (Å²) in [5, 5.41) is 0. The van der Waals surface area contributed by atoms with E-state index in [9.17, 15) is 0 Å². The van der Waals surface area contributed by atoms with Crippen LogP contribution in [-0.2, 0) is 15.9 Å². The van der Waals surface area contributed by atoms with Crippen LogP contribution < -0.4 is 0 Å². The molecule has 0 aliphatic heterocycles. The Bertz CT molecular complexity index is 367. The first-order valence-electron chi connectivity index (χ1n) is 11.3. The number of halogens is 1. The molecule has 3 aliphatic carbocycles. The van der Waals surface area contributed by atoms with Gasteiger partial charge in [0.25, 0.3) is 0 Å². The van der Waals surface area contributed by atoms with Gasteiger partial charge in [-0.05, 0) is 77.0 Å². The molecule has 0 N–H and O–H groups in total. The SMILES string of the molecule is C1CCC([PH+](C2CCCCC2)C2CCCCC2)CC1.[F][Ni].[c-]1ccccc1. The van der Waals surface area contributed by atoms with Crippen molar-refractivity contribution >= 4 is 7.92 Å². The van der Waals surface area contributed by atoms with Gasteiger partial charge in [0.05, 0.1) is 17.0 Å². The van der Waals surface area contributed by atoms with Gasteiger partial charge in [-0.15, -0.1) is 0 Å². The molecular formula is C24H39FNiP. The Morgan fingerprint density at radius 2 is 0.889 bits per heavy atom. The van der Waals surface area contributed by atoms with Crippen molar-refractivity contribution < 1.29 is 19.5 Å². The van der Waals surface area contributed by atoms with Gasteiger partial charge in [-0.3, -0.25) is 0 Å². The second-order valence-electron chi connectivity index (χ2n) is 8.58. The van der Waals surface area contributed by atoms with Crippen LogP contribution in [0.25, 0.3) is 0 Å². The van der Waals surface area contributed by atoms with Crippen LogP contribution >= 0.6 is 7.92 Å². The van der Waals surface area contributed by atoms with Gasteiger partial charge >= 0.3 is 19.5 Å². The van der Waals surface area contributed by atoms with Gasteiger partial charge in [0.15, 0.2) is 0 Å². The predicted octanol–water partition coefficient (Wildman–Crippen LogP) is 8.10. The summed E-state index contributed by atoms with van der Waals surface area (Å²) in [6, 6.07) is 12.5. The summed E-state index contributed by atoms with van der Waals surface area (Å²) >= 11 is 2.38. The second-order valence-corrected chi connectivity index (χ2v) is 12.0. The fraction of sp³-hybridized carbons (Fsp3) is 0.750. The third-order valence-electron chi connectivity index (χ3n) is 6.84. The van der Waals surface area contributed by atoms with Gasteiger partial charge < -0.3 is 0 Å². The van der Waals surface area contributed by atoms with Gasteiger partial charge in [0.2, 0.25) is 0 Å².